The number of pyridine rings is 1. The lowest BCUT2D eigenvalue weighted by Gasteiger charge is -2.32. The van der Waals surface area contributed by atoms with Gasteiger partial charge in [0.2, 0.25) is 5.91 Å². The van der Waals surface area contributed by atoms with Crippen molar-refractivity contribution < 1.29 is 9.59 Å². The van der Waals surface area contributed by atoms with Crippen molar-refractivity contribution in [2.45, 2.75) is 37.5 Å². The zero-order valence-corrected chi connectivity index (χ0v) is 18.4. The third-order valence-corrected chi connectivity index (χ3v) is 6.79. The molecule has 1 atom stereocenters. The van der Waals surface area contributed by atoms with Gasteiger partial charge in [0.1, 0.15) is 11.3 Å². The Morgan fingerprint density at radius 3 is 2.69 bits per heavy atom. The molecular formula is C23H25ClN6O2. The third kappa shape index (κ3) is 3.90. The molecule has 2 amide bonds. The minimum Gasteiger partial charge on any atom is -0.398 e. The van der Waals surface area contributed by atoms with E-state index in [0.29, 0.717) is 48.2 Å². The molecular weight excluding hydrogens is 428 g/mol. The SMILES string of the molecule is Nc1cc(Cl)ccc1C(=O)N1CCC(c2ccnc3[nH]c(C4CCC(=O)NC4)nc23)CC1. The zero-order valence-electron chi connectivity index (χ0n) is 17.6. The second-order valence-corrected chi connectivity index (χ2v) is 8.99. The summed E-state index contributed by atoms with van der Waals surface area (Å²) in [5, 5.41) is 3.44. The summed E-state index contributed by atoms with van der Waals surface area (Å²) in [5.41, 5.74) is 9.75. The van der Waals surface area contributed by atoms with Gasteiger partial charge < -0.3 is 20.9 Å². The fraction of sp³-hybridized carbons (Fsp3) is 0.391. The summed E-state index contributed by atoms with van der Waals surface area (Å²) in [4.78, 5) is 39.0. The molecule has 1 unspecified atom stereocenters. The van der Waals surface area contributed by atoms with E-state index in [1.165, 1.54) is 0 Å². The van der Waals surface area contributed by atoms with E-state index in [4.69, 9.17) is 22.3 Å². The van der Waals surface area contributed by atoms with Crippen LogP contribution < -0.4 is 11.1 Å². The highest BCUT2D eigenvalue weighted by molar-refractivity contribution is 6.31. The van der Waals surface area contributed by atoms with E-state index in [0.717, 1.165) is 41.8 Å². The van der Waals surface area contributed by atoms with Gasteiger partial charge in [0.05, 0.1) is 5.56 Å². The van der Waals surface area contributed by atoms with Gasteiger partial charge in [-0.25, -0.2) is 9.97 Å². The highest BCUT2D eigenvalue weighted by Gasteiger charge is 2.28. The molecule has 8 nitrogen and oxygen atoms in total. The van der Waals surface area contributed by atoms with Crippen LogP contribution in [0.5, 0.6) is 0 Å². The molecule has 0 saturated carbocycles. The number of nitrogens with two attached hydrogens (primary N) is 1. The van der Waals surface area contributed by atoms with Crippen LogP contribution in [0.4, 0.5) is 5.69 Å². The van der Waals surface area contributed by atoms with E-state index >= 15 is 0 Å². The van der Waals surface area contributed by atoms with Gasteiger partial charge in [-0.3, -0.25) is 9.59 Å². The maximum absolute atomic E-state index is 12.9. The molecule has 0 aliphatic carbocycles. The van der Waals surface area contributed by atoms with Crippen molar-refractivity contribution in [2.75, 3.05) is 25.4 Å². The number of carbonyl (C=O) groups is 2. The number of anilines is 1. The van der Waals surface area contributed by atoms with Crippen molar-refractivity contribution >= 4 is 40.3 Å². The van der Waals surface area contributed by atoms with Gasteiger partial charge in [-0.1, -0.05) is 11.6 Å². The normalized spacial score (nSPS) is 19.8. The third-order valence-electron chi connectivity index (χ3n) is 6.55. The van der Waals surface area contributed by atoms with E-state index in [-0.39, 0.29) is 17.7 Å². The molecule has 3 aromatic rings. The van der Waals surface area contributed by atoms with Gasteiger partial charge in [-0.15, -0.1) is 0 Å². The molecule has 5 rings (SSSR count). The van der Waals surface area contributed by atoms with E-state index in [2.05, 4.69) is 15.3 Å². The number of nitrogens with zero attached hydrogens (tertiary/aromatic N) is 3. The Kier molecular flexibility index (Phi) is 5.46. The number of hydrogen-bond acceptors (Lipinski definition) is 5. The first-order valence-corrected chi connectivity index (χ1v) is 11.3. The van der Waals surface area contributed by atoms with Gasteiger partial charge in [-0.05, 0) is 55.0 Å². The minimum atomic E-state index is -0.0566. The number of carbonyl (C=O) groups excluding carboxylic acids is 2. The van der Waals surface area contributed by atoms with Crippen molar-refractivity contribution in [3.05, 3.63) is 52.4 Å². The van der Waals surface area contributed by atoms with Crippen molar-refractivity contribution in [1.82, 2.24) is 25.2 Å². The number of likely N-dealkylation sites (tertiary alicyclic amines) is 1. The van der Waals surface area contributed by atoms with Crippen molar-refractivity contribution in [2.24, 2.45) is 0 Å². The fourth-order valence-electron chi connectivity index (χ4n) is 4.73. The maximum atomic E-state index is 12.9. The van der Waals surface area contributed by atoms with Crippen LogP contribution in [0.1, 0.15) is 59.3 Å². The first kappa shape index (κ1) is 20.8. The average Bonchev–Trinajstić information content (AvgIpc) is 3.24. The molecule has 0 spiro atoms. The number of nitrogen functional groups attached to an aromatic ring is 1. The van der Waals surface area contributed by atoms with Crippen LogP contribution in [0.25, 0.3) is 11.2 Å². The number of rotatable bonds is 3. The molecule has 0 radical (unpaired) electrons. The van der Waals surface area contributed by atoms with Gasteiger partial charge in [-0.2, -0.15) is 0 Å². The number of hydrogen-bond donors (Lipinski definition) is 3. The monoisotopic (exact) mass is 452 g/mol. The average molecular weight is 453 g/mol. The Bertz CT molecular complexity index is 1170. The minimum absolute atomic E-state index is 0.0566. The van der Waals surface area contributed by atoms with Crippen LogP contribution >= 0.6 is 11.6 Å². The highest BCUT2D eigenvalue weighted by atomic mass is 35.5. The molecule has 2 aliphatic heterocycles. The van der Waals surface area contributed by atoms with Gasteiger partial charge in [0, 0.05) is 48.9 Å². The molecule has 4 heterocycles. The van der Waals surface area contributed by atoms with Gasteiger partial charge in [0.25, 0.3) is 5.91 Å². The summed E-state index contributed by atoms with van der Waals surface area (Å²) < 4.78 is 0. The lowest BCUT2D eigenvalue weighted by molar-refractivity contribution is -0.122. The summed E-state index contributed by atoms with van der Waals surface area (Å²) >= 11 is 5.96. The number of H-pyrrole nitrogens is 1. The van der Waals surface area contributed by atoms with E-state index in [1.807, 2.05) is 17.2 Å². The molecule has 1 aromatic carbocycles. The summed E-state index contributed by atoms with van der Waals surface area (Å²) in [5.74, 6) is 1.40. The molecule has 2 aliphatic rings. The van der Waals surface area contributed by atoms with Gasteiger partial charge in [0.15, 0.2) is 5.65 Å². The van der Waals surface area contributed by atoms with Crippen molar-refractivity contribution in [3.63, 3.8) is 0 Å². The summed E-state index contributed by atoms with van der Waals surface area (Å²) in [6.45, 7) is 1.91. The van der Waals surface area contributed by atoms with Crippen LogP contribution in [0, 0.1) is 0 Å². The lowest BCUT2D eigenvalue weighted by atomic mass is 9.89. The number of fused-ring (bicyclic) bond motifs is 1. The molecule has 2 fully saturated rings. The molecule has 4 N–H and O–H groups in total. The first-order valence-electron chi connectivity index (χ1n) is 10.9. The predicted molar refractivity (Wildman–Crippen MR) is 123 cm³/mol. The number of nitrogens with one attached hydrogen (secondary N) is 2. The second-order valence-electron chi connectivity index (χ2n) is 8.56. The molecule has 0 bridgehead atoms. The number of halogens is 1. The van der Waals surface area contributed by atoms with Crippen LogP contribution in [0.15, 0.2) is 30.5 Å². The van der Waals surface area contributed by atoms with Crippen molar-refractivity contribution in [3.8, 4) is 0 Å². The van der Waals surface area contributed by atoms with E-state index in [1.54, 1.807) is 18.2 Å². The molecule has 166 valence electrons. The van der Waals surface area contributed by atoms with Gasteiger partial charge >= 0.3 is 0 Å². The zero-order chi connectivity index (χ0) is 22.2. The number of imidazole rings is 1. The number of amides is 2. The van der Waals surface area contributed by atoms with E-state index < -0.39 is 0 Å². The van der Waals surface area contributed by atoms with Crippen LogP contribution in [-0.4, -0.2) is 51.3 Å². The lowest BCUT2D eigenvalue weighted by Crippen LogP contribution is -2.38. The smallest absolute Gasteiger partial charge is 0.255 e. The number of aromatic amines is 1. The number of benzene rings is 1. The quantitative estimate of drug-likeness (QED) is 0.527. The Labute approximate surface area is 190 Å². The fourth-order valence-corrected chi connectivity index (χ4v) is 4.91. The molecule has 9 heteroatoms. The molecule has 2 saturated heterocycles. The highest BCUT2D eigenvalue weighted by Crippen LogP contribution is 2.34. The summed E-state index contributed by atoms with van der Waals surface area (Å²) in [7, 11) is 0. The number of piperidine rings is 2. The van der Waals surface area contributed by atoms with Crippen LogP contribution in [0.3, 0.4) is 0 Å². The van der Waals surface area contributed by atoms with Crippen molar-refractivity contribution in [1.29, 1.82) is 0 Å². The Morgan fingerprint density at radius 2 is 1.97 bits per heavy atom. The van der Waals surface area contributed by atoms with Crippen LogP contribution in [0.2, 0.25) is 5.02 Å². The summed E-state index contributed by atoms with van der Waals surface area (Å²) in [6, 6.07) is 7.03. The Morgan fingerprint density at radius 1 is 1.16 bits per heavy atom. The largest absolute Gasteiger partial charge is 0.398 e. The van der Waals surface area contributed by atoms with Crippen LogP contribution in [-0.2, 0) is 4.79 Å². The second kappa shape index (κ2) is 8.43. The maximum Gasteiger partial charge on any atom is 0.255 e. The standard InChI is InChI=1S/C23H25ClN6O2/c24-15-2-3-17(18(25)11-15)23(32)30-9-6-13(7-10-30)16-5-8-26-22-20(16)28-21(29-22)14-1-4-19(31)27-12-14/h2-3,5,8,11,13-14H,1,4,6-7,9-10,12,25H2,(H,27,31)(H,26,28,29). The predicted octanol–water partition coefficient (Wildman–Crippen LogP) is 3.21. The van der Waals surface area contributed by atoms with E-state index in [9.17, 15) is 9.59 Å². The summed E-state index contributed by atoms with van der Waals surface area (Å²) in [6.07, 6.45) is 4.82. The molecule has 2 aromatic heterocycles. The topological polar surface area (TPSA) is 117 Å². The molecule has 32 heavy (non-hydrogen) atoms. The first-order chi connectivity index (χ1) is 15.5. The Hall–Kier alpha value is -3.13. The number of aromatic nitrogens is 3. The Balaban J connectivity index is 1.31.